The Hall–Kier alpha value is -1.97. The molecule has 0 saturated carbocycles. The topological polar surface area (TPSA) is 74.3 Å². The van der Waals surface area contributed by atoms with Crippen molar-refractivity contribution in [1.82, 2.24) is 15.2 Å². The molecule has 2 N–H and O–H groups in total. The number of likely N-dealkylation sites (N-methyl/N-ethyl adjacent to an activating group) is 1. The Morgan fingerprint density at radius 2 is 1.94 bits per heavy atom. The number of para-hydroxylation sites is 1. The summed E-state index contributed by atoms with van der Waals surface area (Å²) in [6, 6.07) is 10.6. The molecule has 1 aliphatic rings. The van der Waals surface area contributed by atoms with Gasteiger partial charge < -0.3 is 15.5 Å². The molecule has 164 valence electrons. The van der Waals surface area contributed by atoms with E-state index in [4.69, 9.17) is 11.6 Å². The van der Waals surface area contributed by atoms with E-state index in [1.807, 2.05) is 31.2 Å². The van der Waals surface area contributed by atoms with E-state index >= 15 is 0 Å². The summed E-state index contributed by atoms with van der Waals surface area (Å²) >= 11 is 8.60. The number of thiophene rings is 1. The molecule has 4 rings (SSSR count). The predicted octanol–water partition coefficient (Wildman–Crippen LogP) is 5.01. The van der Waals surface area contributed by atoms with Crippen LogP contribution in [0, 0.1) is 0 Å². The van der Waals surface area contributed by atoms with Gasteiger partial charge in [0.05, 0.1) is 20.9 Å². The van der Waals surface area contributed by atoms with Crippen molar-refractivity contribution in [2.75, 3.05) is 18.9 Å². The van der Waals surface area contributed by atoms with Crippen molar-refractivity contribution in [2.45, 2.75) is 25.9 Å². The molecule has 0 fully saturated rings. The predicted molar refractivity (Wildman–Crippen MR) is 129 cm³/mol. The Kier molecular flexibility index (Phi) is 7.72. The van der Waals surface area contributed by atoms with Crippen LogP contribution in [0.4, 0.5) is 5.69 Å². The molecular formula is C21H22Cl2N4O2S2. The molecule has 10 heteroatoms. The van der Waals surface area contributed by atoms with Crippen molar-refractivity contribution in [2.24, 2.45) is 0 Å². The Bertz CT molecular complexity index is 1100. The van der Waals surface area contributed by atoms with Gasteiger partial charge in [-0.05, 0) is 37.7 Å². The van der Waals surface area contributed by atoms with Gasteiger partial charge in [-0.25, -0.2) is 4.98 Å². The normalized spacial score (nSPS) is 14.3. The molecular weight excluding hydrogens is 475 g/mol. The molecule has 2 amide bonds. The first-order chi connectivity index (χ1) is 14.4. The van der Waals surface area contributed by atoms with Crippen molar-refractivity contribution in [3.8, 4) is 0 Å². The maximum Gasteiger partial charge on any atom is 0.284 e. The number of benzene rings is 1. The molecule has 2 aromatic heterocycles. The van der Waals surface area contributed by atoms with Gasteiger partial charge >= 0.3 is 0 Å². The van der Waals surface area contributed by atoms with E-state index in [1.165, 1.54) is 22.7 Å². The lowest BCUT2D eigenvalue weighted by atomic mass is 10.1. The molecule has 1 atom stereocenters. The second-order valence-corrected chi connectivity index (χ2v) is 10.0. The van der Waals surface area contributed by atoms with Gasteiger partial charge in [0, 0.05) is 30.1 Å². The van der Waals surface area contributed by atoms with Gasteiger partial charge in [-0.2, -0.15) is 0 Å². The van der Waals surface area contributed by atoms with E-state index in [1.54, 1.807) is 12.1 Å². The molecule has 0 saturated heterocycles. The number of nitrogens with one attached hydrogen (secondary N) is 2. The first kappa shape index (κ1) is 23.7. The Labute approximate surface area is 200 Å². The SMILES string of the molecule is CC(NC(=O)c1ccc(Cl)s1)c1ccccc1NC(=O)c1nc2c(s1)CN(C)CC2.Cl. The number of nitrogens with zero attached hydrogens (tertiary/aromatic N) is 2. The number of anilines is 1. The third kappa shape index (κ3) is 5.45. The number of amides is 2. The molecule has 6 nitrogen and oxygen atoms in total. The summed E-state index contributed by atoms with van der Waals surface area (Å²) in [5, 5.41) is 6.41. The average molecular weight is 497 g/mol. The molecule has 0 aliphatic carbocycles. The lowest BCUT2D eigenvalue weighted by molar-refractivity contribution is 0.0944. The van der Waals surface area contributed by atoms with Gasteiger partial charge in [0.15, 0.2) is 5.01 Å². The largest absolute Gasteiger partial charge is 0.345 e. The van der Waals surface area contributed by atoms with Gasteiger partial charge in [-0.1, -0.05) is 29.8 Å². The van der Waals surface area contributed by atoms with E-state index in [0.29, 0.717) is 19.9 Å². The van der Waals surface area contributed by atoms with E-state index in [0.717, 1.165) is 35.6 Å². The van der Waals surface area contributed by atoms with Crippen LogP contribution in [0.3, 0.4) is 0 Å². The van der Waals surface area contributed by atoms with Crippen LogP contribution in [0.2, 0.25) is 4.34 Å². The summed E-state index contributed by atoms with van der Waals surface area (Å²) in [4.78, 5) is 33.8. The van der Waals surface area contributed by atoms with Crippen LogP contribution in [-0.2, 0) is 13.0 Å². The summed E-state index contributed by atoms with van der Waals surface area (Å²) in [7, 11) is 2.07. The van der Waals surface area contributed by atoms with Crippen LogP contribution >= 0.6 is 46.7 Å². The summed E-state index contributed by atoms with van der Waals surface area (Å²) in [5.41, 5.74) is 2.50. The zero-order chi connectivity index (χ0) is 21.3. The molecule has 3 heterocycles. The average Bonchev–Trinajstić information content (AvgIpc) is 3.34. The highest BCUT2D eigenvalue weighted by atomic mass is 35.5. The van der Waals surface area contributed by atoms with Crippen LogP contribution < -0.4 is 10.6 Å². The van der Waals surface area contributed by atoms with Crippen LogP contribution in [0.1, 0.15) is 48.6 Å². The standard InChI is InChI=1S/C21H21ClN4O2S2.ClH/c1-12(23-19(27)16-7-8-18(22)29-16)13-5-3-4-6-14(13)24-20(28)21-25-15-9-10-26(2)11-17(15)30-21;/h3-8,12H,9-11H2,1-2H3,(H,23,27)(H,24,28);1H. The molecule has 1 aliphatic heterocycles. The molecule has 31 heavy (non-hydrogen) atoms. The second-order valence-electron chi connectivity index (χ2n) is 7.22. The first-order valence-corrected chi connectivity index (χ1v) is 11.6. The maximum absolute atomic E-state index is 12.9. The maximum atomic E-state index is 12.9. The molecule has 0 spiro atoms. The lowest BCUT2D eigenvalue weighted by Crippen LogP contribution is -2.27. The number of aromatic nitrogens is 1. The molecule has 0 radical (unpaired) electrons. The minimum atomic E-state index is -0.298. The van der Waals surface area contributed by atoms with Gasteiger partial charge in [0.25, 0.3) is 11.8 Å². The fourth-order valence-electron chi connectivity index (χ4n) is 3.37. The number of hydrogen-bond acceptors (Lipinski definition) is 6. The van der Waals surface area contributed by atoms with Gasteiger partial charge in [0.1, 0.15) is 0 Å². The van der Waals surface area contributed by atoms with Crippen molar-refractivity contribution in [1.29, 1.82) is 0 Å². The third-order valence-corrected chi connectivity index (χ3v) is 7.25. The van der Waals surface area contributed by atoms with E-state index in [2.05, 4.69) is 27.6 Å². The molecule has 0 bridgehead atoms. The summed E-state index contributed by atoms with van der Waals surface area (Å²) in [6.07, 6.45) is 0.863. The smallest absolute Gasteiger partial charge is 0.284 e. The highest BCUT2D eigenvalue weighted by molar-refractivity contribution is 7.18. The fraction of sp³-hybridized carbons (Fsp3) is 0.286. The van der Waals surface area contributed by atoms with Crippen LogP contribution in [0.5, 0.6) is 0 Å². The minimum Gasteiger partial charge on any atom is -0.345 e. The minimum absolute atomic E-state index is 0. The number of fused-ring (bicyclic) bond motifs is 1. The zero-order valence-corrected chi connectivity index (χ0v) is 20.2. The van der Waals surface area contributed by atoms with Crippen molar-refractivity contribution in [3.05, 3.63) is 66.8 Å². The Morgan fingerprint density at radius 3 is 2.68 bits per heavy atom. The zero-order valence-electron chi connectivity index (χ0n) is 17.0. The Balaban J connectivity index is 0.00000272. The second kappa shape index (κ2) is 10.1. The van der Waals surface area contributed by atoms with Crippen LogP contribution in [0.15, 0.2) is 36.4 Å². The van der Waals surface area contributed by atoms with Gasteiger partial charge in [-0.3, -0.25) is 9.59 Å². The number of carbonyl (C=O) groups is 2. The molecule has 3 aromatic rings. The van der Waals surface area contributed by atoms with E-state index in [9.17, 15) is 9.59 Å². The highest BCUT2D eigenvalue weighted by Crippen LogP contribution is 2.28. The highest BCUT2D eigenvalue weighted by Gasteiger charge is 2.22. The number of halogens is 2. The fourth-order valence-corrected chi connectivity index (χ4v) is 5.40. The van der Waals surface area contributed by atoms with Crippen molar-refractivity contribution in [3.63, 3.8) is 0 Å². The van der Waals surface area contributed by atoms with E-state index in [-0.39, 0.29) is 30.3 Å². The summed E-state index contributed by atoms with van der Waals surface area (Å²) < 4.78 is 0.567. The Morgan fingerprint density at radius 1 is 1.16 bits per heavy atom. The van der Waals surface area contributed by atoms with E-state index < -0.39 is 0 Å². The summed E-state index contributed by atoms with van der Waals surface area (Å²) in [5.74, 6) is -0.426. The molecule has 1 aromatic carbocycles. The third-order valence-electron chi connectivity index (χ3n) is 4.94. The summed E-state index contributed by atoms with van der Waals surface area (Å²) in [6.45, 7) is 3.66. The van der Waals surface area contributed by atoms with Crippen molar-refractivity contribution >= 4 is 64.2 Å². The first-order valence-electron chi connectivity index (χ1n) is 9.54. The van der Waals surface area contributed by atoms with Gasteiger partial charge in [0.2, 0.25) is 0 Å². The van der Waals surface area contributed by atoms with Gasteiger partial charge in [-0.15, -0.1) is 35.1 Å². The quantitative estimate of drug-likeness (QED) is 0.520. The number of rotatable bonds is 5. The van der Waals surface area contributed by atoms with Crippen LogP contribution in [-0.4, -0.2) is 35.3 Å². The number of hydrogen-bond donors (Lipinski definition) is 2. The van der Waals surface area contributed by atoms with Crippen molar-refractivity contribution < 1.29 is 9.59 Å². The lowest BCUT2D eigenvalue weighted by Gasteiger charge is -2.20. The monoisotopic (exact) mass is 496 g/mol. The number of thiazole rings is 1. The number of carbonyl (C=O) groups excluding carboxylic acids is 2. The molecule has 1 unspecified atom stereocenters. The van der Waals surface area contributed by atoms with Crippen LogP contribution in [0.25, 0.3) is 0 Å².